The van der Waals surface area contributed by atoms with Gasteiger partial charge < -0.3 is 18.9 Å². The molecule has 1 aliphatic rings. The summed E-state index contributed by atoms with van der Waals surface area (Å²) in [6, 6.07) is 15.6. The van der Waals surface area contributed by atoms with Gasteiger partial charge in [0.05, 0.1) is 29.7 Å². The molecule has 0 bridgehead atoms. The van der Waals surface area contributed by atoms with E-state index in [2.05, 4.69) is 14.5 Å². The third-order valence-electron chi connectivity index (χ3n) is 6.39. The van der Waals surface area contributed by atoms with Crippen LogP contribution in [0.2, 0.25) is 0 Å². The lowest BCUT2D eigenvalue weighted by atomic mass is 9.95. The molecule has 1 saturated heterocycles. The Hall–Kier alpha value is -3.65. The fraction of sp³-hybridized carbons (Fsp3) is 0.296. The van der Waals surface area contributed by atoms with E-state index in [0.29, 0.717) is 12.5 Å². The Morgan fingerprint density at radius 3 is 2.46 bits per heavy atom. The molecule has 35 heavy (non-hydrogen) atoms. The first-order chi connectivity index (χ1) is 17.1. The minimum absolute atomic E-state index is 0.0995. The lowest BCUT2D eigenvalue weighted by Gasteiger charge is -2.31. The zero-order valence-electron chi connectivity index (χ0n) is 19.9. The van der Waals surface area contributed by atoms with Gasteiger partial charge in [0, 0.05) is 50.2 Å². The lowest BCUT2D eigenvalue weighted by Crippen LogP contribution is -2.38. The van der Waals surface area contributed by atoms with Crippen molar-refractivity contribution in [1.29, 1.82) is 0 Å². The zero-order chi connectivity index (χ0) is 24.2. The minimum atomic E-state index is 0.0995. The molecule has 1 aromatic carbocycles. The van der Waals surface area contributed by atoms with Gasteiger partial charge in [-0.15, -0.1) is 11.3 Å². The van der Waals surface area contributed by atoms with Crippen LogP contribution in [0.25, 0.3) is 10.6 Å². The van der Waals surface area contributed by atoms with E-state index in [9.17, 15) is 4.79 Å². The summed E-state index contributed by atoms with van der Waals surface area (Å²) < 4.78 is 13.0. The Balaban J connectivity index is 1.24. The number of rotatable bonds is 7. The number of amides is 1. The summed E-state index contributed by atoms with van der Waals surface area (Å²) in [6.07, 6.45) is 7.43. The van der Waals surface area contributed by atoms with Crippen molar-refractivity contribution in [3.63, 3.8) is 0 Å². The van der Waals surface area contributed by atoms with Crippen molar-refractivity contribution in [3.05, 3.63) is 83.4 Å². The smallest absolute Gasteiger partial charge is 0.263 e. The molecule has 180 valence electrons. The van der Waals surface area contributed by atoms with Gasteiger partial charge in [-0.05, 0) is 54.8 Å². The lowest BCUT2D eigenvalue weighted by molar-refractivity contribution is 0.0715. The number of ether oxygens (including phenoxy) is 2. The molecule has 0 radical (unpaired) electrons. The van der Waals surface area contributed by atoms with Crippen molar-refractivity contribution in [2.24, 2.45) is 0 Å². The van der Waals surface area contributed by atoms with Crippen LogP contribution in [0.3, 0.4) is 0 Å². The topological polar surface area (TPSA) is 69.5 Å². The van der Waals surface area contributed by atoms with Gasteiger partial charge in [0.2, 0.25) is 0 Å². The highest BCUT2D eigenvalue weighted by Crippen LogP contribution is 2.31. The number of piperidine rings is 1. The summed E-state index contributed by atoms with van der Waals surface area (Å²) in [6.45, 7) is 2.13. The highest BCUT2D eigenvalue weighted by Gasteiger charge is 2.28. The molecule has 0 atom stereocenters. The first-order valence-electron chi connectivity index (χ1n) is 11.7. The molecule has 0 N–H and O–H groups in total. The highest BCUT2D eigenvalue weighted by molar-refractivity contribution is 7.17. The van der Waals surface area contributed by atoms with Crippen LogP contribution in [0.1, 0.15) is 39.8 Å². The second-order valence-electron chi connectivity index (χ2n) is 8.58. The summed E-state index contributed by atoms with van der Waals surface area (Å²) in [5, 5.41) is 0. The SMILES string of the molecule is COc1cc(Cn2ccnc2C2CCN(C(=O)c3ccc(-c4ccccn4)s3)CC2)cc(OC)c1. The molecule has 1 fully saturated rings. The van der Waals surface area contributed by atoms with Crippen LogP contribution in [-0.2, 0) is 6.54 Å². The van der Waals surface area contributed by atoms with Crippen molar-refractivity contribution in [2.45, 2.75) is 25.3 Å². The van der Waals surface area contributed by atoms with Gasteiger partial charge in [0.15, 0.2) is 0 Å². The number of nitrogens with zero attached hydrogens (tertiary/aromatic N) is 4. The summed E-state index contributed by atoms with van der Waals surface area (Å²) >= 11 is 1.51. The number of likely N-dealkylation sites (tertiary alicyclic amines) is 1. The Labute approximate surface area is 209 Å². The van der Waals surface area contributed by atoms with Crippen molar-refractivity contribution in [1.82, 2.24) is 19.4 Å². The van der Waals surface area contributed by atoms with Crippen LogP contribution in [0.5, 0.6) is 11.5 Å². The van der Waals surface area contributed by atoms with Gasteiger partial charge in [-0.3, -0.25) is 9.78 Å². The Kier molecular flexibility index (Phi) is 6.81. The fourth-order valence-electron chi connectivity index (χ4n) is 4.56. The number of thiophene rings is 1. The van der Waals surface area contributed by atoms with E-state index in [4.69, 9.17) is 9.47 Å². The van der Waals surface area contributed by atoms with Crippen LogP contribution < -0.4 is 9.47 Å². The zero-order valence-corrected chi connectivity index (χ0v) is 20.7. The van der Waals surface area contributed by atoms with Gasteiger partial charge in [0.1, 0.15) is 17.3 Å². The van der Waals surface area contributed by atoms with E-state index in [-0.39, 0.29) is 5.91 Å². The second-order valence-corrected chi connectivity index (χ2v) is 9.66. The average Bonchev–Trinajstić information content (AvgIpc) is 3.59. The van der Waals surface area contributed by atoms with Gasteiger partial charge in [-0.1, -0.05) is 6.07 Å². The predicted molar refractivity (Wildman–Crippen MR) is 136 cm³/mol. The molecule has 3 aromatic heterocycles. The molecule has 8 heteroatoms. The van der Waals surface area contributed by atoms with Gasteiger partial charge in [0.25, 0.3) is 5.91 Å². The minimum Gasteiger partial charge on any atom is -0.497 e. The van der Waals surface area contributed by atoms with Crippen LogP contribution in [0.4, 0.5) is 0 Å². The molecule has 1 amide bonds. The van der Waals surface area contributed by atoms with E-state index in [1.54, 1.807) is 20.4 Å². The molecular formula is C27H28N4O3S. The van der Waals surface area contributed by atoms with Crippen LogP contribution in [-0.4, -0.2) is 52.7 Å². The molecule has 0 spiro atoms. The monoisotopic (exact) mass is 488 g/mol. The number of pyridine rings is 1. The number of imidazole rings is 1. The van der Waals surface area contributed by atoms with Gasteiger partial charge in [-0.25, -0.2) is 4.98 Å². The van der Waals surface area contributed by atoms with Crippen LogP contribution in [0.15, 0.2) is 67.1 Å². The third-order valence-corrected chi connectivity index (χ3v) is 7.49. The number of hydrogen-bond acceptors (Lipinski definition) is 6. The molecule has 4 heterocycles. The van der Waals surface area contributed by atoms with E-state index >= 15 is 0 Å². The van der Waals surface area contributed by atoms with E-state index in [1.165, 1.54) is 11.3 Å². The summed E-state index contributed by atoms with van der Waals surface area (Å²) in [7, 11) is 3.32. The predicted octanol–water partition coefficient (Wildman–Crippen LogP) is 5.09. The average molecular weight is 489 g/mol. The normalized spacial score (nSPS) is 14.2. The first-order valence-corrected chi connectivity index (χ1v) is 12.5. The quantitative estimate of drug-likeness (QED) is 0.362. The van der Waals surface area contributed by atoms with E-state index in [1.807, 2.05) is 65.8 Å². The molecule has 7 nitrogen and oxygen atoms in total. The fourth-order valence-corrected chi connectivity index (χ4v) is 5.52. The van der Waals surface area contributed by atoms with Crippen LogP contribution in [0, 0.1) is 0 Å². The second kappa shape index (κ2) is 10.3. The van der Waals surface area contributed by atoms with Crippen LogP contribution >= 0.6 is 11.3 Å². The molecule has 0 unspecified atom stereocenters. The van der Waals surface area contributed by atoms with Crippen molar-refractivity contribution >= 4 is 17.2 Å². The van der Waals surface area contributed by atoms with Crippen molar-refractivity contribution in [2.75, 3.05) is 27.3 Å². The summed E-state index contributed by atoms with van der Waals surface area (Å²) in [5.74, 6) is 3.02. The highest BCUT2D eigenvalue weighted by atomic mass is 32.1. The largest absolute Gasteiger partial charge is 0.497 e. The number of methoxy groups -OCH3 is 2. The summed E-state index contributed by atoms with van der Waals surface area (Å²) in [5.41, 5.74) is 1.99. The van der Waals surface area contributed by atoms with E-state index < -0.39 is 0 Å². The molecule has 5 rings (SSSR count). The molecule has 0 aliphatic carbocycles. The Morgan fingerprint density at radius 2 is 1.77 bits per heavy atom. The molecule has 1 aliphatic heterocycles. The molecule has 0 saturated carbocycles. The number of carbonyl (C=O) groups is 1. The maximum Gasteiger partial charge on any atom is 0.263 e. The maximum absolute atomic E-state index is 13.1. The standard InChI is InChI=1S/C27H28N4O3S/c1-33-21-15-19(16-22(17-21)34-2)18-31-14-11-29-26(31)20-8-12-30(13-9-20)27(32)25-7-6-24(35-25)23-5-3-4-10-28-23/h3-7,10-11,14-17,20H,8-9,12-13,18H2,1-2H3. The van der Waals surface area contributed by atoms with Gasteiger partial charge >= 0.3 is 0 Å². The van der Waals surface area contributed by atoms with Crippen molar-refractivity contribution in [3.8, 4) is 22.1 Å². The Bertz CT molecular complexity index is 1270. The molecular weight excluding hydrogens is 460 g/mol. The number of benzene rings is 1. The number of carbonyl (C=O) groups excluding carboxylic acids is 1. The van der Waals surface area contributed by atoms with Crippen molar-refractivity contribution < 1.29 is 14.3 Å². The van der Waals surface area contributed by atoms with Gasteiger partial charge in [-0.2, -0.15) is 0 Å². The Morgan fingerprint density at radius 1 is 1.00 bits per heavy atom. The third kappa shape index (κ3) is 5.07. The number of aromatic nitrogens is 3. The summed E-state index contributed by atoms with van der Waals surface area (Å²) in [4.78, 5) is 25.9. The maximum atomic E-state index is 13.1. The first kappa shape index (κ1) is 23.1. The van der Waals surface area contributed by atoms with E-state index in [0.717, 1.165) is 64.3 Å². The molecule has 4 aromatic rings. The number of hydrogen-bond donors (Lipinski definition) is 0.